The molecule has 0 spiro atoms. The van der Waals surface area contributed by atoms with Crippen LogP contribution in [0.3, 0.4) is 0 Å². The van der Waals surface area contributed by atoms with Crippen LogP contribution in [0, 0.1) is 5.92 Å². The predicted molar refractivity (Wildman–Crippen MR) is 114 cm³/mol. The molecule has 0 aliphatic heterocycles. The van der Waals surface area contributed by atoms with Crippen LogP contribution in [0.15, 0.2) is 91.0 Å². The van der Waals surface area contributed by atoms with E-state index in [2.05, 4.69) is 81.1 Å². The Kier molecular flexibility index (Phi) is 5.45. The minimum atomic E-state index is -2.50. The lowest BCUT2D eigenvalue weighted by atomic mass is 9.98. The van der Waals surface area contributed by atoms with E-state index in [0.717, 1.165) is 12.0 Å². The summed E-state index contributed by atoms with van der Waals surface area (Å²) in [6.07, 6.45) is 0.740. The third-order valence-electron chi connectivity index (χ3n) is 5.48. The van der Waals surface area contributed by atoms with Crippen molar-refractivity contribution in [1.29, 1.82) is 0 Å². The number of rotatable bonds is 6. The van der Waals surface area contributed by atoms with Crippen molar-refractivity contribution in [2.45, 2.75) is 32.0 Å². The Morgan fingerprint density at radius 2 is 1.12 bits per heavy atom. The molecule has 3 rings (SSSR count). The van der Waals surface area contributed by atoms with Crippen molar-refractivity contribution >= 4 is 18.4 Å². The molecule has 1 N–H and O–H groups in total. The van der Waals surface area contributed by atoms with Gasteiger partial charge in [0, 0.05) is 0 Å². The van der Waals surface area contributed by atoms with E-state index in [9.17, 15) is 5.11 Å². The molecule has 3 aromatic carbocycles. The largest absolute Gasteiger partial charge is 0.388 e. The molecule has 1 nitrogen and oxygen atoms in total. The van der Waals surface area contributed by atoms with Gasteiger partial charge in [-0.1, -0.05) is 122 Å². The van der Waals surface area contributed by atoms with Crippen molar-refractivity contribution in [3.63, 3.8) is 0 Å². The van der Waals surface area contributed by atoms with Gasteiger partial charge >= 0.3 is 0 Å². The lowest BCUT2D eigenvalue weighted by Crippen LogP contribution is -2.70. The van der Waals surface area contributed by atoms with Crippen LogP contribution >= 0.6 is 0 Å². The monoisotopic (exact) mass is 360 g/mol. The Morgan fingerprint density at radius 3 is 1.50 bits per heavy atom. The molecule has 0 amide bonds. The quantitative estimate of drug-likeness (QED) is 0.648. The van der Waals surface area contributed by atoms with Crippen molar-refractivity contribution < 1.29 is 5.11 Å². The summed E-state index contributed by atoms with van der Waals surface area (Å²) < 4.78 is 0. The number of aliphatic hydroxyl groups is 1. The zero-order valence-electron chi connectivity index (χ0n) is 15.9. The van der Waals surface area contributed by atoms with E-state index in [1.807, 2.05) is 30.3 Å². The molecule has 1 atom stereocenters. The first kappa shape index (κ1) is 18.6. The van der Waals surface area contributed by atoms with Gasteiger partial charge in [-0.3, -0.25) is 0 Å². The highest BCUT2D eigenvalue weighted by molar-refractivity contribution is 7.03. The van der Waals surface area contributed by atoms with Crippen molar-refractivity contribution in [3.05, 3.63) is 96.6 Å². The van der Waals surface area contributed by atoms with E-state index in [1.54, 1.807) is 0 Å². The standard InChI is InChI=1S/C24H28OSi/c1-20(2)19-24(25,21-13-7-4-8-14-21)26(3,22-15-9-5-10-16-22)23-17-11-6-12-18-23/h4-18,20,25H,19H2,1-3H3. The van der Waals surface area contributed by atoms with Crippen LogP contribution in [0.4, 0.5) is 0 Å². The summed E-state index contributed by atoms with van der Waals surface area (Å²) in [4.78, 5) is 0. The van der Waals surface area contributed by atoms with Crippen molar-refractivity contribution in [2.24, 2.45) is 5.92 Å². The van der Waals surface area contributed by atoms with Gasteiger partial charge in [0.2, 0.25) is 0 Å². The molecule has 2 heteroatoms. The number of hydrogen-bond donors (Lipinski definition) is 1. The Hall–Kier alpha value is -2.16. The molecular weight excluding hydrogens is 332 g/mol. The Balaban J connectivity index is 2.31. The van der Waals surface area contributed by atoms with Gasteiger partial charge in [-0.25, -0.2) is 0 Å². The minimum absolute atomic E-state index is 0.388. The van der Waals surface area contributed by atoms with E-state index in [4.69, 9.17) is 0 Å². The molecule has 1 unspecified atom stereocenters. The van der Waals surface area contributed by atoms with Crippen molar-refractivity contribution in [3.8, 4) is 0 Å². The maximum atomic E-state index is 12.3. The average Bonchev–Trinajstić information content (AvgIpc) is 2.68. The van der Waals surface area contributed by atoms with Gasteiger partial charge in [0.25, 0.3) is 0 Å². The lowest BCUT2D eigenvalue weighted by Gasteiger charge is -2.46. The van der Waals surface area contributed by atoms with Gasteiger partial charge < -0.3 is 5.11 Å². The van der Waals surface area contributed by atoms with E-state index in [0.29, 0.717) is 5.92 Å². The highest BCUT2D eigenvalue weighted by atomic mass is 28.3. The fraction of sp³-hybridized carbons (Fsp3) is 0.250. The summed E-state index contributed by atoms with van der Waals surface area (Å²) in [6, 6.07) is 31.4. The van der Waals surface area contributed by atoms with E-state index >= 15 is 0 Å². The molecule has 134 valence electrons. The third-order valence-corrected chi connectivity index (χ3v) is 10.6. The predicted octanol–water partition coefficient (Wildman–Crippen LogP) is 4.35. The number of benzene rings is 3. The van der Waals surface area contributed by atoms with Crippen LogP contribution in [0.1, 0.15) is 25.8 Å². The molecular formula is C24H28OSi. The second-order valence-corrected chi connectivity index (χ2v) is 11.9. The highest BCUT2D eigenvalue weighted by Crippen LogP contribution is 2.37. The fourth-order valence-electron chi connectivity index (χ4n) is 4.10. The first-order valence-electron chi connectivity index (χ1n) is 9.37. The van der Waals surface area contributed by atoms with Crippen LogP contribution in [-0.4, -0.2) is 13.2 Å². The smallest absolute Gasteiger partial charge is 0.154 e. The molecule has 0 saturated carbocycles. The molecule has 3 aromatic rings. The summed E-state index contributed by atoms with van der Waals surface area (Å²) in [5.74, 6) is 0.388. The molecule has 26 heavy (non-hydrogen) atoms. The van der Waals surface area contributed by atoms with Gasteiger partial charge in [0.05, 0.1) is 5.22 Å². The van der Waals surface area contributed by atoms with Crippen molar-refractivity contribution in [2.75, 3.05) is 0 Å². The van der Waals surface area contributed by atoms with Crippen LogP contribution in [0.5, 0.6) is 0 Å². The topological polar surface area (TPSA) is 20.2 Å². The second-order valence-electron chi connectivity index (χ2n) is 7.68. The SMILES string of the molecule is CC(C)CC(O)(c1ccccc1)[Si](C)(c1ccccc1)c1ccccc1. The second kappa shape index (κ2) is 7.61. The van der Waals surface area contributed by atoms with Crippen LogP contribution in [0.25, 0.3) is 0 Å². The zero-order valence-corrected chi connectivity index (χ0v) is 16.9. The van der Waals surface area contributed by atoms with Crippen LogP contribution < -0.4 is 10.4 Å². The normalized spacial score (nSPS) is 14.2. The molecule has 0 saturated heterocycles. The average molecular weight is 361 g/mol. The molecule has 0 radical (unpaired) electrons. The van der Waals surface area contributed by atoms with Crippen LogP contribution in [0.2, 0.25) is 6.55 Å². The summed E-state index contributed by atoms with van der Waals surface area (Å²) in [6.45, 7) is 6.70. The van der Waals surface area contributed by atoms with E-state index < -0.39 is 13.3 Å². The molecule has 0 aliphatic rings. The molecule has 0 aliphatic carbocycles. The Labute approximate surface area is 158 Å². The van der Waals surface area contributed by atoms with Gasteiger partial charge in [0.1, 0.15) is 0 Å². The zero-order chi connectivity index (χ0) is 18.6. The molecule has 0 fully saturated rings. The fourth-order valence-corrected chi connectivity index (χ4v) is 8.67. The highest BCUT2D eigenvalue weighted by Gasteiger charge is 2.52. The maximum absolute atomic E-state index is 12.3. The summed E-state index contributed by atoms with van der Waals surface area (Å²) in [5.41, 5.74) is 1.02. The third kappa shape index (κ3) is 3.27. The van der Waals surface area contributed by atoms with E-state index in [-0.39, 0.29) is 0 Å². The summed E-state index contributed by atoms with van der Waals surface area (Å²) in [5, 5.41) is 14.0. The van der Waals surface area contributed by atoms with Gasteiger partial charge in [0.15, 0.2) is 8.07 Å². The van der Waals surface area contributed by atoms with Gasteiger partial charge in [-0.2, -0.15) is 0 Å². The summed E-state index contributed by atoms with van der Waals surface area (Å²) >= 11 is 0. The van der Waals surface area contributed by atoms with Gasteiger partial charge in [-0.15, -0.1) is 0 Å². The Morgan fingerprint density at radius 1 is 0.731 bits per heavy atom. The van der Waals surface area contributed by atoms with Gasteiger partial charge in [-0.05, 0) is 17.9 Å². The van der Waals surface area contributed by atoms with Crippen molar-refractivity contribution in [1.82, 2.24) is 0 Å². The number of hydrogen-bond acceptors (Lipinski definition) is 1. The first-order valence-corrected chi connectivity index (χ1v) is 11.9. The maximum Gasteiger partial charge on any atom is 0.154 e. The molecule has 0 aromatic heterocycles. The van der Waals surface area contributed by atoms with E-state index in [1.165, 1.54) is 10.4 Å². The minimum Gasteiger partial charge on any atom is -0.388 e. The Bertz CT molecular complexity index is 775. The molecule has 0 heterocycles. The lowest BCUT2D eigenvalue weighted by molar-refractivity contribution is 0.0923. The molecule has 0 bridgehead atoms. The first-order chi connectivity index (χ1) is 12.5. The summed E-state index contributed by atoms with van der Waals surface area (Å²) in [7, 11) is -2.50. The van der Waals surface area contributed by atoms with Crippen LogP contribution in [-0.2, 0) is 5.22 Å².